The third-order valence-electron chi connectivity index (χ3n) is 6.25. The second-order valence-electron chi connectivity index (χ2n) is 8.51. The fourth-order valence-corrected chi connectivity index (χ4v) is 5.76. The van der Waals surface area contributed by atoms with E-state index < -0.39 is 10.0 Å². The van der Waals surface area contributed by atoms with E-state index in [0.29, 0.717) is 43.4 Å². The molecule has 2 aliphatic rings. The number of nitrogens with one attached hydrogen (secondary N) is 1. The van der Waals surface area contributed by atoms with Crippen molar-refractivity contribution in [3.05, 3.63) is 30.5 Å². The predicted octanol–water partition coefficient (Wildman–Crippen LogP) is 2.75. The minimum Gasteiger partial charge on any atom is -0.376 e. The standard InChI is InChI=1S/C22H31N3O4S/c1-17-6-12-25(13-7-17)30(27,28)20-4-5-21-18(15-20)8-10-24(21)11-9-22(26)23-16-19-3-2-14-29-19/h4-5,8,10,15,17,19H,2-3,6-7,9,11-14,16H2,1H3,(H,23,26). The molecule has 2 saturated heterocycles. The van der Waals surface area contributed by atoms with Gasteiger partial charge in [-0.15, -0.1) is 0 Å². The highest BCUT2D eigenvalue weighted by molar-refractivity contribution is 7.89. The Balaban J connectivity index is 1.39. The molecule has 1 unspecified atom stereocenters. The molecule has 4 rings (SSSR count). The van der Waals surface area contributed by atoms with Crippen molar-refractivity contribution in [2.45, 2.75) is 56.6 Å². The lowest BCUT2D eigenvalue weighted by Crippen LogP contribution is -2.37. The Labute approximate surface area is 178 Å². The van der Waals surface area contributed by atoms with Crippen LogP contribution in [0.5, 0.6) is 0 Å². The van der Waals surface area contributed by atoms with E-state index in [-0.39, 0.29) is 12.0 Å². The molecule has 1 atom stereocenters. The topological polar surface area (TPSA) is 80.6 Å². The summed E-state index contributed by atoms with van der Waals surface area (Å²) in [5.74, 6) is 0.585. The quantitative estimate of drug-likeness (QED) is 0.728. The fraction of sp³-hybridized carbons (Fsp3) is 0.591. The molecule has 0 spiro atoms. The molecular weight excluding hydrogens is 402 g/mol. The van der Waals surface area contributed by atoms with Crippen LogP contribution in [0.25, 0.3) is 10.9 Å². The van der Waals surface area contributed by atoms with Gasteiger partial charge < -0.3 is 14.6 Å². The molecule has 30 heavy (non-hydrogen) atoms. The van der Waals surface area contributed by atoms with Crippen molar-refractivity contribution >= 4 is 26.8 Å². The molecule has 1 N–H and O–H groups in total. The second-order valence-corrected chi connectivity index (χ2v) is 10.4. The Morgan fingerprint density at radius 3 is 2.73 bits per heavy atom. The number of fused-ring (bicyclic) bond motifs is 1. The zero-order chi connectivity index (χ0) is 21.1. The number of sulfonamides is 1. The van der Waals surface area contributed by atoms with E-state index in [1.165, 1.54) is 0 Å². The summed E-state index contributed by atoms with van der Waals surface area (Å²) < 4.78 is 35.1. The number of carbonyl (C=O) groups excluding carboxylic acids is 1. The number of aromatic nitrogens is 1. The number of rotatable bonds is 7. The molecule has 2 fully saturated rings. The number of ether oxygens (including phenoxy) is 1. The van der Waals surface area contributed by atoms with Gasteiger partial charge in [-0.3, -0.25) is 4.79 Å². The third-order valence-corrected chi connectivity index (χ3v) is 8.15. The number of hydrogen-bond acceptors (Lipinski definition) is 4. The fourth-order valence-electron chi connectivity index (χ4n) is 4.25. The molecule has 7 nitrogen and oxygen atoms in total. The first-order valence-corrected chi connectivity index (χ1v) is 12.3. The van der Waals surface area contributed by atoms with E-state index >= 15 is 0 Å². The Hall–Kier alpha value is -1.90. The Kier molecular flexibility index (Phi) is 6.46. The van der Waals surface area contributed by atoms with E-state index in [0.717, 1.165) is 43.2 Å². The zero-order valence-corrected chi connectivity index (χ0v) is 18.4. The van der Waals surface area contributed by atoms with Crippen LogP contribution in [0.15, 0.2) is 35.4 Å². The highest BCUT2D eigenvalue weighted by atomic mass is 32.2. The van der Waals surface area contributed by atoms with Crippen molar-refractivity contribution in [3.63, 3.8) is 0 Å². The molecule has 2 aliphatic heterocycles. The lowest BCUT2D eigenvalue weighted by molar-refractivity contribution is -0.121. The first kappa shape index (κ1) is 21.3. The van der Waals surface area contributed by atoms with Crippen molar-refractivity contribution in [3.8, 4) is 0 Å². The van der Waals surface area contributed by atoms with Crippen LogP contribution in [0.2, 0.25) is 0 Å². The second kappa shape index (κ2) is 9.08. The summed E-state index contributed by atoms with van der Waals surface area (Å²) in [4.78, 5) is 12.5. The van der Waals surface area contributed by atoms with E-state index in [2.05, 4.69) is 12.2 Å². The number of aryl methyl sites for hydroxylation is 1. The van der Waals surface area contributed by atoms with Crippen LogP contribution in [0, 0.1) is 5.92 Å². The number of benzene rings is 1. The maximum absolute atomic E-state index is 13.0. The van der Waals surface area contributed by atoms with E-state index in [4.69, 9.17) is 4.74 Å². The normalized spacial score (nSPS) is 21.3. The molecule has 0 saturated carbocycles. The molecule has 164 valence electrons. The van der Waals surface area contributed by atoms with Crippen LogP contribution in [0.1, 0.15) is 39.0 Å². The van der Waals surface area contributed by atoms with Gasteiger partial charge in [0.2, 0.25) is 15.9 Å². The molecular formula is C22H31N3O4S. The molecule has 0 radical (unpaired) electrons. The lowest BCUT2D eigenvalue weighted by Gasteiger charge is -2.29. The minimum absolute atomic E-state index is 0.00544. The molecule has 2 aromatic rings. The summed E-state index contributed by atoms with van der Waals surface area (Å²) in [6, 6.07) is 7.19. The monoisotopic (exact) mass is 433 g/mol. The summed E-state index contributed by atoms with van der Waals surface area (Å²) in [5.41, 5.74) is 0.938. The van der Waals surface area contributed by atoms with Gasteiger partial charge in [0.1, 0.15) is 0 Å². The van der Waals surface area contributed by atoms with E-state index in [1.54, 1.807) is 16.4 Å². The highest BCUT2D eigenvalue weighted by Crippen LogP contribution is 2.26. The van der Waals surface area contributed by atoms with E-state index in [1.807, 2.05) is 22.9 Å². The summed E-state index contributed by atoms with van der Waals surface area (Å²) in [6.45, 7) is 5.25. The van der Waals surface area contributed by atoms with Crippen molar-refractivity contribution in [1.82, 2.24) is 14.2 Å². The Bertz CT molecular complexity index is 987. The van der Waals surface area contributed by atoms with Gasteiger partial charge in [0, 0.05) is 56.3 Å². The zero-order valence-electron chi connectivity index (χ0n) is 17.5. The molecule has 3 heterocycles. The lowest BCUT2D eigenvalue weighted by atomic mass is 10.0. The van der Waals surface area contributed by atoms with Crippen LogP contribution >= 0.6 is 0 Å². The smallest absolute Gasteiger partial charge is 0.243 e. The van der Waals surface area contributed by atoms with Gasteiger partial charge >= 0.3 is 0 Å². The van der Waals surface area contributed by atoms with Gasteiger partial charge in [-0.2, -0.15) is 4.31 Å². The van der Waals surface area contributed by atoms with E-state index in [9.17, 15) is 13.2 Å². The summed E-state index contributed by atoms with van der Waals surface area (Å²) in [5, 5.41) is 3.82. The molecule has 1 aromatic heterocycles. The van der Waals surface area contributed by atoms with Gasteiger partial charge in [-0.25, -0.2) is 8.42 Å². The molecule has 8 heteroatoms. The summed E-state index contributed by atoms with van der Waals surface area (Å²) >= 11 is 0. The van der Waals surface area contributed by atoms with Crippen LogP contribution < -0.4 is 5.32 Å². The molecule has 0 bridgehead atoms. The van der Waals surface area contributed by atoms with Crippen LogP contribution in [0.4, 0.5) is 0 Å². The number of amides is 1. The van der Waals surface area contributed by atoms with Crippen LogP contribution in [-0.4, -0.2) is 55.5 Å². The molecule has 0 aliphatic carbocycles. The Morgan fingerprint density at radius 2 is 2.00 bits per heavy atom. The molecule has 1 amide bonds. The molecule has 1 aromatic carbocycles. The number of hydrogen-bond donors (Lipinski definition) is 1. The third kappa shape index (κ3) is 4.71. The van der Waals surface area contributed by atoms with Crippen LogP contribution in [0.3, 0.4) is 0 Å². The van der Waals surface area contributed by atoms with Gasteiger partial charge in [-0.1, -0.05) is 6.92 Å². The summed E-state index contributed by atoms with van der Waals surface area (Å²) in [7, 11) is -3.46. The maximum atomic E-state index is 13.0. The van der Waals surface area contributed by atoms with Crippen molar-refractivity contribution in [1.29, 1.82) is 0 Å². The van der Waals surface area contributed by atoms with Crippen molar-refractivity contribution < 1.29 is 17.9 Å². The SMILES string of the molecule is CC1CCN(S(=O)(=O)c2ccc3c(ccn3CCC(=O)NCC3CCCO3)c2)CC1. The van der Waals surface area contributed by atoms with Gasteiger partial charge in [0.25, 0.3) is 0 Å². The van der Waals surface area contributed by atoms with Gasteiger partial charge in [0.15, 0.2) is 0 Å². The van der Waals surface area contributed by atoms with Gasteiger partial charge in [-0.05, 0) is 55.9 Å². The maximum Gasteiger partial charge on any atom is 0.243 e. The average molecular weight is 434 g/mol. The Morgan fingerprint density at radius 1 is 1.20 bits per heavy atom. The van der Waals surface area contributed by atoms with Crippen molar-refractivity contribution in [2.75, 3.05) is 26.2 Å². The van der Waals surface area contributed by atoms with Crippen LogP contribution in [-0.2, 0) is 26.1 Å². The first-order chi connectivity index (χ1) is 14.4. The average Bonchev–Trinajstić information content (AvgIpc) is 3.40. The van der Waals surface area contributed by atoms with Crippen molar-refractivity contribution in [2.24, 2.45) is 5.92 Å². The minimum atomic E-state index is -3.46. The predicted molar refractivity (Wildman–Crippen MR) is 116 cm³/mol. The largest absolute Gasteiger partial charge is 0.376 e. The highest BCUT2D eigenvalue weighted by Gasteiger charge is 2.28. The summed E-state index contributed by atoms with van der Waals surface area (Å²) in [6.07, 6.45) is 6.32. The number of carbonyl (C=O) groups is 1. The number of piperidine rings is 1. The number of nitrogens with zero attached hydrogens (tertiary/aromatic N) is 2. The van der Waals surface area contributed by atoms with Gasteiger partial charge in [0.05, 0.1) is 11.0 Å². The first-order valence-electron chi connectivity index (χ1n) is 10.9.